The van der Waals surface area contributed by atoms with E-state index in [-0.39, 0.29) is 18.1 Å². The van der Waals surface area contributed by atoms with Crippen LogP contribution in [0.2, 0.25) is 15.1 Å². The molecule has 0 saturated heterocycles. The molecule has 0 radical (unpaired) electrons. The van der Waals surface area contributed by atoms with E-state index in [1.165, 1.54) is 4.90 Å². The zero-order valence-corrected chi connectivity index (χ0v) is 24.3. The van der Waals surface area contributed by atoms with Crippen LogP contribution in [-0.4, -0.2) is 49.5 Å². The molecule has 0 heterocycles. The van der Waals surface area contributed by atoms with E-state index in [1.807, 2.05) is 20.8 Å². The number of benzene rings is 2. The number of amides is 2. The summed E-state index contributed by atoms with van der Waals surface area (Å²) in [6.07, 6.45) is 1.32. The zero-order valence-electron chi connectivity index (χ0n) is 21.2. The van der Waals surface area contributed by atoms with Crippen LogP contribution in [0.15, 0.2) is 36.4 Å². The lowest BCUT2D eigenvalue weighted by molar-refractivity contribution is -0.141. The summed E-state index contributed by atoms with van der Waals surface area (Å²) in [4.78, 5) is 28.3. The molecule has 7 nitrogen and oxygen atoms in total. The number of hydrogen-bond donors (Lipinski definition) is 1. The highest BCUT2D eigenvalue weighted by Crippen LogP contribution is 2.29. The number of anilines is 1. The zero-order chi connectivity index (χ0) is 27.4. The Labute approximate surface area is 228 Å². The van der Waals surface area contributed by atoms with Crippen LogP contribution in [0.5, 0.6) is 0 Å². The molecule has 11 heteroatoms. The van der Waals surface area contributed by atoms with Gasteiger partial charge in [0, 0.05) is 27.2 Å². The summed E-state index contributed by atoms with van der Waals surface area (Å²) < 4.78 is 26.5. The van der Waals surface area contributed by atoms with E-state index in [0.717, 1.165) is 10.6 Å². The van der Waals surface area contributed by atoms with E-state index in [4.69, 9.17) is 34.8 Å². The lowest BCUT2D eigenvalue weighted by Crippen LogP contribution is -2.55. The lowest BCUT2D eigenvalue weighted by atomic mass is 10.1. The predicted octanol–water partition coefficient (Wildman–Crippen LogP) is 5.44. The average Bonchev–Trinajstić information content (AvgIpc) is 2.73. The van der Waals surface area contributed by atoms with Crippen molar-refractivity contribution in [3.05, 3.63) is 62.6 Å². The topological polar surface area (TPSA) is 86.8 Å². The fourth-order valence-electron chi connectivity index (χ4n) is 3.67. The van der Waals surface area contributed by atoms with Gasteiger partial charge in [0.15, 0.2) is 0 Å². The Bertz CT molecular complexity index is 1230. The van der Waals surface area contributed by atoms with Crippen LogP contribution < -0.4 is 9.62 Å². The van der Waals surface area contributed by atoms with Crippen LogP contribution in [-0.2, 0) is 26.2 Å². The largest absolute Gasteiger partial charge is 0.350 e. The van der Waals surface area contributed by atoms with Crippen LogP contribution in [0.3, 0.4) is 0 Å². The van der Waals surface area contributed by atoms with Gasteiger partial charge in [-0.15, -0.1) is 0 Å². The summed E-state index contributed by atoms with van der Waals surface area (Å²) in [6, 6.07) is 8.83. The summed E-state index contributed by atoms with van der Waals surface area (Å²) in [5, 5.41) is 4.04. The van der Waals surface area contributed by atoms with Crippen LogP contribution in [0.25, 0.3) is 0 Å². The fourth-order valence-corrected chi connectivity index (χ4v) is 5.20. The Balaban J connectivity index is 2.54. The summed E-state index contributed by atoms with van der Waals surface area (Å²) in [6.45, 7) is 8.44. The molecule has 1 atom stereocenters. The number of nitrogens with zero attached hydrogens (tertiary/aromatic N) is 2. The smallest absolute Gasteiger partial charge is 0.244 e. The van der Waals surface area contributed by atoms with Crippen molar-refractivity contribution in [2.75, 3.05) is 17.1 Å². The molecule has 2 aromatic rings. The van der Waals surface area contributed by atoms with Crippen LogP contribution in [0, 0.1) is 6.92 Å². The molecule has 198 valence electrons. The minimum atomic E-state index is -3.87. The summed E-state index contributed by atoms with van der Waals surface area (Å²) in [7, 11) is -3.87. The molecular weight excluding hydrogens is 545 g/mol. The van der Waals surface area contributed by atoms with Gasteiger partial charge in [-0.3, -0.25) is 13.9 Å². The highest BCUT2D eigenvalue weighted by molar-refractivity contribution is 7.92. The SMILES string of the molecule is CC[C@H](C(=O)NC(C)(C)C)N(Cc1ccc(Cl)cc1Cl)C(=O)CN(c1cccc(Cl)c1C)S(C)(=O)=O. The monoisotopic (exact) mass is 575 g/mol. The van der Waals surface area contributed by atoms with Crippen LogP contribution >= 0.6 is 34.8 Å². The van der Waals surface area contributed by atoms with Gasteiger partial charge in [0.1, 0.15) is 12.6 Å². The van der Waals surface area contributed by atoms with Gasteiger partial charge < -0.3 is 10.2 Å². The molecule has 0 fully saturated rings. The van der Waals surface area contributed by atoms with Gasteiger partial charge in [-0.1, -0.05) is 53.9 Å². The van der Waals surface area contributed by atoms with Crippen molar-refractivity contribution >= 4 is 62.3 Å². The molecule has 0 unspecified atom stereocenters. The highest BCUT2D eigenvalue weighted by Gasteiger charge is 2.33. The molecule has 0 aromatic heterocycles. The number of rotatable bonds is 9. The first kappa shape index (κ1) is 30.2. The third-order valence-electron chi connectivity index (χ3n) is 5.43. The van der Waals surface area contributed by atoms with Crippen LogP contribution in [0.1, 0.15) is 45.2 Å². The number of nitrogens with one attached hydrogen (secondary N) is 1. The molecule has 36 heavy (non-hydrogen) atoms. The van der Waals surface area contributed by atoms with Crippen molar-refractivity contribution in [1.82, 2.24) is 10.2 Å². The van der Waals surface area contributed by atoms with Gasteiger partial charge >= 0.3 is 0 Å². The van der Waals surface area contributed by atoms with Crippen molar-refractivity contribution in [3.8, 4) is 0 Å². The first-order valence-corrected chi connectivity index (χ1v) is 14.3. The van der Waals surface area contributed by atoms with Gasteiger partial charge in [0.25, 0.3) is 0 Å². The maximum Gasteiger partial charge on any atom is 0.244 e. The lowest BCUT2D eigenvalue weighted by Gasteiger charge is -2.35. The maximum absolute atomic E-state index is 13.8. The number of hydrogen-bond acceptors (Lipinski definition) is 4. The molecule has 0 bridgehead atoms. The fraction of sp³-hybridized carbons (Fsp3) is 0.440. The first-order valence-electron chi connectivity index (χ1n) is 11.3. The van der Waals surface area contributed by atoms with E-state index >= 15 is 0 Å². The van der Waals surface area contributed by atoms with E-state index in [1.54, 1.807) is 50.2 Å². The van der Waals surface area contributed by atoms with Gasteiger partial charge in [-0.2, -0.15) is 0 Å². The van der Waals surface area contributed by atoms with Gasteiger partial charge in [-0.05, 0) is 69.5 Å². The number of carbonyl (C=O) groups is 2. The van der Waals surface area contributed by atoms with Crippen molar-refractivity contribution < 1.29 is 18.0 Å². The third-order valence-corrected chi connectivity index (χ3v) is 7.55. The molecule has 1 N–H and O–H groups in total. The molecule has 0 saturated carbocycles. The molecule has 2 amide bonds. The second kappa shape index (κ2) is 12.0. The molecule has 0 aliphatic carbocycles. The number of carbonyl (C=O) groups excluding carboxylic acids is 2. The summed E-state index contributed by atoms with van der Waals surface area (Å²) >= 11 is 18.6. The number of sulfonamides is 1. The predicted molar refractivity (Wildman–Crippen MR) is 147 cm³/mol. The Morgan fingerprint density at radius 1 is 1.06 bits per heavy atom. The Morgan fingerprint density at radius 2 is 1.69 bits per heavy atom. The Hall–Kier alpha value is -2.00. The second-order valence-corrected chi connectivity index (χ2v) is 12.7. The van der Waals surface area contributed by atoms with Gasteiger partial charge in [0.05, 0.1) is 11.9 Å². The minimum absolute atomic E-state index is 0.0168. The van der Waals surface area contributed by atoms with Crippen molar-refractivity contribution in [2.45, 2.75) is 59.2 Å². The molecule has 2 rings (SSSR count). The van der Waals surface area contributed by atoms with Gasteiger partial charge in [0.2, 0.25) is 21.8 Å². The number of halogens is 3. The summed E-state index contributed by atoms with van der Waals surface area (Å²) in [5.74, 6) is -0.921. The minimum Gasteiger partial charge on any atom is -0.350 e. The van der Waals surface area contributed by atoms with Crippen molar-refractivity contribution in [3.63, 3.8) is 0 Å². The average molecular weight is 577 g/mol. The van der Waals surface area contributed by atoms with E-state index < -0.39 is 34.1 Å². The van der Waals surface area contributed by atoms with Gasteiger partial charge in [-0.25, -0.2) is 8.42 Å². The maximum atomic E-state index is 13.8. The van der Waals surface area contributed by atoms with Crippen LogP contribution in [0.4, 0.5) is 5.69 Å². The summed E-state index contributed by atoms with van der Waals surface area (Å²) in [5.41, 5.74) is 0.840. The second-order valence-electron chi connectivity index (χ2n) is 9.57. The molecule has 0 aliphatic rings. The quantitative estimate of drug-likeness (QED) is 0.430. The van der Waals surface area contributed by atoms with E-state index in [9.17, 15) is 18.0 Å². The molecule has 0 aliphatic heterocycles. The Kier molecular flexibility index (Phi) is 10.1. The Morgan fingerprint density at radius 3 is 2.22 bits per heavy atom. The normalized spacial score (nSPS) is 12.7. The molecule has 0 spiro atoms. The molecule has 2 aromatic carbocycles. The third kappa shape index (κ3) is 8.00. The standard InChI is InChI=1S/C25H32Cl3N3O4S/c1-7-21(24(33)29-25(3,4)5)30(14-17-11-12-18(26)13-20(17)28)23(32)15-31(36(6,34)35)22-10-8-9-19(27)16(22)2/h8-13,21H,7,14-15H2,1-6H3,(H,29,33)/t21-/m1/s1. The van der Waals surface area contributed by atoms with E-state index in [0.29, 0.717) is 32.6 Å². The first-order chi connectivity index (χ1) is 16.5. The van der Waals surface area contributed by atoms with E-state index in [2.05, 4.69) is 5.32 Å². The molecular formula is C25H32Cl3N3O4S. The van der Waals surface area contributed by atoms with Crippen molar-refractivity contribution in [1.29, 1.82) is 0 Å². The highest BCUT2D eigenvalue weighted by atomic mass is 35.5. The van der Waals surface area contributed by atoms with Crippen molar-refractivity contribution in [2.24, 2.45) is 0 Å².